The summed E-state index contributed by atoms with van der Waals surface area (Å²) < 4.78 is 45.3. The summed E-state index contributed by atoms with van der Waals surface area (Å²) in [4.78, 5) is 22.6. The molecule has 1 atom stereocenters. The topological polar surface area (TPSA) is 103 Å². The highest BCUT2D eigenvalue weighted by Crippen LogP contribution is 2.47. The molecule has 194 valence electrons. The molecule has 2 aliphatic rings. The summed E-state index contributed by atoms with van der Waals surface area (Å²) in [6.07, 6.45) is 8.74. The average Bonchev–Trinajstić information content (AvgIpc) is 3.53. The molecule has 9 nitrogen and oxygen atoms in total. The van der Waals surface area contributed by atoms with Crippen LogP contribution in [0.1, 0.15) is 33.7 Å². The number of fused-ring (bicyclic) bond motifs is 2. The second-order valence-corrected chi connectivity index (χ2v) is 11.8. The number of carbonyl (C=O) groups is 1. The van der Waals surface area contributed by atoms with Gasteiger partial charge < -0.3 is 4.57 Å². The molecule has 6 rings (SSSR count). The van der Waals surface area contributed by atoms with Crippen LogP contribution in [0.3, 0.4) is 0 Å². The molecule has 0 N–H and O–H groups in total. The minimum atomic E-state index is -3.93. The van der Waals surface area contributed by atoms with Crippen LogP contribution in [0.5, 0.6) is 0 Å². The van der Waals surface area contributed by atoms with Gasteiger partial charge in [-0.1, -0.05) is 5.57 Å². The Morgan fingerprint density at radius 3 is 2.63 bits per heavy atom. The van der Waals surface area contributed by atoms with Crippen LogP contribution in [0.15, 0.2) is 71.9 Å². The second kappa shape index (κ2) is 8.81. The molecule has 4 aromatic rings. The Morgan fingerprint density at radius 1 is 1.13 bits per heavy atom. The first-order valence-electron chi connectivity index (χ1n) is 12.2. The Hall–Kier alpha value is -3.96. The van der Waals surface area contributed by atoms with E-state index in [0.29, 0.717) is 17.8 Å². The third-order valence-electron chi connectivity index (χ3n) is 7.32. The molecule has 1 fully saturated rings. The van der Waals surface area contributed by atoms with Gasteiger partial charge in [-0.25, -0.2) is 22.5 Å². The van der Waals surface area contributed by atoms with Crippen LogP contribution in [0.25, 0.3) is 11.8 Å². The van der Waals surface area contributed by atoms with Crippen molar-refractivity contribution in [2.75, 3.05) is 13.1 Å². The molecular weight excluding hydrogens is 507 g/mol. The monoisotopic (exact) mass is 532 g/mol. The molecule has 1 unspecified atom stereocenters. The van der Waals surface area contributed by atoms with Crippen LogP contribution in [0.2, 0.25) is 0 Å². The Bertz CT molecular complexity index is 1710. The minimum Gasteiger partial charge on any atom is -0.339 e. The number of carbonyl (C=O) groups excluding carboxylic acids is 1. The maximum absolute atomic E-state index is 14.2. The lowest BCUT2D eigenvalue weighted by molar-refractivity contribution is 0.0770. The van der Waals surface area contributed by atoms with Crippen LogP contribution in [-0.2, 0) is 23.5 Å². The number of aromatic nitrogens is 5. The number of halogens is 1. The Morgan fingerprint density at radius 2 is 1.92 bits per heavy atom. The first-order valence-corrected chi connectivity index (χ1v) is 13.6. The van der Waals surface area contributed by atoms with Crippen molar-refractivity contribution in [3.8, 4) is 5.69 Å². The fourth-order valence-corrected chi connectivity index (χ4v) is 6.84. The zero-order chi connectivity index (χ0) is 26.7. The lowest BCUT2D eigenvalue weighted by Gasteiger charge is -2.44. The van der Waals surface area contributed by atoms with Crippen molar-refractivity contribution in [1.29, 1.82) is 0 Å². The highest BCUT2D eigenvalue weighted by atomic mass is 32.2. The number of rotatable bonds is 5. The lowest BCUT2D eigenvalue weighted by atomic mass is 9.65. The van der Waals surface area contributed by atoms with Gasteiger partial charge in [-0.2, -0.15) is 9.40 Å². The number of piperidine rings is 1. The van der Waals surface area contributed by atoms with E-state index in [4.69, 9.17) is 0 Å². The maximum Gasteiger partial charge on any atom is 0.262 e. The Balaban J connectivity index is 1.46. The molecule has 1 aliphatic heterocycles. The molecule has 11 heteroatoms. The predicted molar refractivity (Wildman–Crippen MR) is 138 cm³/mol. The maximum atomic E-state index is 14.2. The zero-order valence-corrected chi connectivity index (χ0v) is 21.7. The van der Waals surface area contributed by atoms with Crippen molar-refractivity contribution < 1.29 is 17.6 Å². The van der Waals surface area contributed by atoms with E-state index in [1.165, 1.54) is 29.0 Å². The van der Waals surface area contributed by atoms with Gasteiger partial charge in [0.05, 0.1) is 29.3 Å². The van der Waals surface area contributed by atoms with Gasteiger partial charge in [-0.3, -0.25) is 9.78 Å². The van der Waals surface area contributed by atoms with Crippen LogP contribution >= 0.6 is 0 Å². The van der Waals surface area contributed by atoms with Gasteiger partial charge in [0, 0.05) is 32.5 Å². The van der Waals surface area contributed by atoms with Gasteiger partial charge in [-0.05, 0) is 73.4 Å². The molecule has 0 amide bonds. The van der Waals surface area contributed by atoms with Crippen LogP contribution < -0.4 is 0 Å². The molecular formula is C27H25FN6O3S. The SMILES string of the molecule is Cc1ccnc(C(=O)C23Cc4cnn(-c5ccc(F)cc5)c4C=C2CCN(S(=O)(=O)c2cn(C)cn2)C3)c1. The van der Waals surface area contributed by atoms with Crippen LogP contribution in [-0.4, -0.2) is 55.9 Å². The second-order valence-electron chi connectivity index (χ2n) is 9.89. The minimum absolute atomic E-state index is 0.0344. The number of aryl methyl sites for hydroxylation is 2. The fourth-order valence-electron chi connectivity index (χ4n) is 5.37. The van der Waals surface area contributed by atoms with E-state index < -0.39 is 15.4 Å². The molecule has 0 spiro atoms. The van der Waals surface area contributed by atoms with E-state index in [0.717, 1.165) is 22.4 Å². The summed E-state index contributed by atoms with van der Waals surface area (Å²) >= 11 is 0. The normalized spacial score (nSPS) is 19.5. The number of nitrogens with zero attached hydrogens (tertiary/aromatic N) is 6. The summed E-state index contributed by atoms with van der Waals surface area (Å²) in [7, 11) is -2.22. The molecule has 1 saturated heterocycles. The summed E-state index contributed by atoms with van der Waals surface area (Å²) in [6, 6.07) is 9.59. The molecule has 0 radical (unpaired) electrons. The van der Waals surface area contributed by atoms with Crippen molar-refractivity contribution in [3.63, 3.8) is 0 Å². The van der Waals surface area contributed by atoms with Crippen LogP contribution in [0.4, 0.5) is 4.39 Å². The number of Topliss-reactive ketones (excluding diaryl/α,β-unsaturated/α-hetero) is 1. The van der Waals surface area contributed by atoms with E-state index >= 15 is 0 Å². The number of imidazole rings is 1. The number of sulfonamides is 1. The first-order chi connectivity index (χ1) is 18.2. The molecule has 0 bridgehead atoms. The van der Waals surface area contributed by atoms with Crippen molar-refractivity contribution in [1.82, 2.24) is 28.6 Å². The van der Waals surface area contributed by atoms with Gasteiger partial charge in [0.15, 0.2) is 10.8 Å². The molecule has 0 saturated carbocycles. The number of hydrogen-bond donors (Lipinski definition) is 0. The van der Waals surface area contributed by atoms with E-state index in [2.05, 4.69) is 15.1 Å². The highest BCUT2D eigenvalue weighted by molar-refractivity contribution is 7.89. The van der Waals surface area contributed by atoms with Crippen molar-refractivity contribution in [2.24, 2.45) is 12.5 Å². The highest BCUT2D eigenvalue weighted by Gasteiger charge is 2.51. The van der Waals surface area contributed by atoms with Gasteiger partial charge in [0.1, 0.15) is 11.5 Å². The Kier molecular flexibility index (Phi) is 5.65. The molecule has 1 aliphatic carbocycles. The lowest BCUT2D eigenvalue weighted by Crippen LogP contribution is -2.53. The molecule has 4 heterocycles. The summed E-state index contributed by atoms with van der Waals surface area (Å²) in [6.45, 7) is 2.06. The number of hydrogen-bond acceptors (Lipinski definition) is 6. The average molecular weight is 533 g/mol. The summed E-state index contributed by atoms with van der Waals surface area (Å²) in [5.41, 5.74) is 3.16. The van der Waals surface area contributed by atoms with Gasteiger partial charge >= 0.3 is 0 Å². The number of pyridine rings is 1. The largest absolute Gasteiger partial charge is 0.339 e. The fraction of sp³-hybridized carbons (Fsp3) is 0.259. The van der Waals surface area contributed by atoms with Crippen molar-refractivity contribution in [3.05, 3.63) is 95.2 Å². The third kappa shape index (κ3) is 3.89. The van der Waals surface area contributed by atoms with E-state index in [9.17, 15) is 17.6 Å². The van der Waals surface area contributed by atoms with Crippen molar-refractivity contribution in [2.45, 2.75) is 24.8 Å². The van der Waals surface area contributed by atoms with Gasteiger partial charge in [-0.15, -0.1) is 0 Å². The Labute approximate surface area is 219 Å². The zero-order valence-electron chi connectivity index (χ0n) is 20.9. The summed E-state index contributed by atoms with van der Waals surface area (Å²) in [5.74, 6) is -0.571. The van der Waals surface area contributed by atoms with E-state index in [1.807, 2.05) is 19.1 Å². The number of benzene rings is 1. The van der Waals surface area contributed by atoms with Gasteiger partial charge in [0.2, 0.25) is 0 Å². The molecule has 3 aromatic heterocycles. The van der Waals surface area contributed by atoms with Crippen LogP contribution in [0, 0.1) is 18.2 Å². The first kappa shape index (κ1) is 24.4. The third-order valence-corrected chi connectivity index (χ3v) is 9.05. The van der Waals surface area contributed by atoms with Gasteiger partial charge in [0.25, 0.3) is 10.0 Å². The van der Waals surface area contributed by atoms with E-state index in [-0.39, 0.29) is 36.1 Å². The smallest absolute Gasteiger partial charge is 0.262 e. The molecule has 38 heavy (non-hydrogen) atoms. The molecule has 1 aromatic carbocycles. The standard InChI is InChI=1S/C27H25FN6O3S/c1-18-7-9-29-23(11-18)26(35)27-13-19-14-31-34(22-5-3-21(28)4-6-22)24(19)12-20(27)8-10-33(16-27)38(36,37)25-15-32(2)17-30-25/h3-7,9,11-12,14-15,17H,8,10,13,16H2,1-2H3. The summed E-state index contributed by atoms with van der Waals surface area (Å²) in [5, 5.41) is 4.48. The number of ketones is 1. The van der Waals surface area contributed by atoms with E-state index in [1.54, 1.807) is 46.9 Å². The van der Waals surface area contributed by atoms with Crippen molar-refractivity contribution >= 4 is 21.9 Å². The predicted octanol–water partition coefficient (Wildman–Crippen LogP) is 3.35. The quantitative estimate of drug-likeness (QED) is 0.365.